The largest absolute Gasteiger partial charge is 0.493 e. The summed E-state index contributed by atoms with van der Waals surface area (Å²) in [5, 5.41) is 1.18. The number of nitrogens with zero attached hydrogens (tertiary/aromatic N) is 2. The number of carbonyl (C=O) groups is 1. The molecule has 0 N–H and O–H groups in total. The fraction of sp³-hybridized carbons (Fsp3) is 0.235. The first-order valence-corrected chi connectivity index (χ1v) is 9.42. The number of para-hydroxylation sites is 1. The molecule has 0 saturated carbocycles. The maximum atomic E-state index is 11.5. The van der Waals surface area contributed by atoms with Crippen LogP contribution in [0.5, 0.6) is 10.8 Å². The van der Waals surface area contributed by atoms with Crippen LogP contribution in [0.25, 0.3) is 21.3 Å². The lowest BCUT2D eigenvalue weighted by Gasteiger charge is -2.11. The van der Waals surface area contributed by atoms with Crippen molar-refractivity contribution in [2.24, 2.45) is 0 Å². The Balaban J connectivity index is 2.29. The van der Waals surface area contributed by atoms with Gasteiger partial charge in [-0.1, -0.05) is 41.3 Å². The van der Waals surface area contributed by atoms with Crippen LogP contribution >= 0.6 is 23.1 Å². The number of hydrogen-bond acceptors (Lipinski definition) is 7. The van der Waals surface area contributed by atoms with Crippen molar-refractivity contribution in [2.45, 2.75) is 19.0 Å². The molecule has 124 valence electrons. The molecule has 0 amide bonds. The molecule has 0 spiro atoms. The highest BCUT2D eigenvalue weighted by atomic mass is 32.2. The predicted molar refractivity (Wildman–Crippen MR) is 97.1 cm³/mol. The molecule has 0 radical (unpaired) electrons. The van der Waals surface area contributed by atoms with E-state index in [0.29, 0.717) is 16.8 Å². The molecule has 1 aromatic carbocycles. The summed E-state index contributed by atoms with van der Waals surface area (Å²) in [6.45, 7) is 3.87. The third-order valence-electron chi connectivity index (χ3n) is 3.25. The van der Waals surface area contributed by atoms with Crippen LogP contribution in [0.4, 0.5) is 0 Å². The smallest absolute Gasteiger partial charge is 0.308 e. The zero-order valence-corrected chi connectivity index (χ0v) is 15.2. The molecule has 0 atom stereocenters. The van der Waals surface area contributed by atoms with Gasteiger partial charge in [0.25, 0.3) is 0 Å². The number of esters is 1. The molecule has 2 heterocycles. The van der Waals surface area contributed by atoms with Crippen molar-refractivity contribution in [3.05, 3.63) is 30.5 Å². The van der Waals surface area contributed by atoms with Gasteiger partial charge in [-0.2, -0.15) is 0 Å². The molecule has 24 heavy (non-hydrogen) atoms. The van der Waals surface area contributed by atoms with Crippen LogP contribution in [0, 0.1) is 0 Å². The Morgan fingerprint density at radius 2 is 2.12 bits per heavy atom. The van der Waals surface area contributed by atoms with Crippen LogP contribution in [0.2, 0.25) is 0 Å². The normalized spacial score (nSPS) is 10.8. The lowest BCUT2D eigenvalue weighted by Crippen LogP contribution is -2.01. The molecule has 0 bridgehead atoms. The summed E-state index contributed by atoms with van der Waals surface area (Å²) in [6, 6.07) is 7.68. The summed E-state index contributed by atoms with van der Waals surface area (Å²) in [6.07, 6.45) is 3.69. The van der Waals surface area contributed by atoms with Crippen molar-refractivity contribution >= 4 is 39.3 Å². The number of carbonyl (C=O) groups excluding carboxylic acids is 1. The molecule has 5 nitrogen and oxygen atoms in total. The van der Waals surface area contributed by atoms with Crippen molar-refractivity contribution in [2.75, 3.05) is 12.9 Å². The maximum absolute atomic E-state index is 11.5. The van der Waals surface area contributed by atoms with E-state index < -0.39 is 0 Å². The zero-order chi connectivity index (χ0) is 17.1. The summed E-state index contributed by atoms with van der Waals surface area (Å²) in [7, 11) is 0. The van der Waals surface area contributed by atoms with Crippen LogP contribution in [0.1, 0.15) is 13.8 Å². The van der Waals surface area contributed by atoms with E-state index in [2.05, 4.69) is 9.97 Å². The first kappa shape index (κ1) is 16.7. The molecule has 0 fully saturated rings. The van der Waals surface area contributed by atoms with Crippen LogP contribution in [0.3, 0.4) is 0 Å². The lowest BCUT2D eigenvalue weighted by molar-refractivity contribution is -0.131. The number of hydrogen-bond donors (Lipinski definition) is 0. The van der Waals surface area contributed by atoms with E-state index in [-0.39, 0.29) is 5.97 Å². The van der Waals surface area contributed by atoms with Crippen LogP contribution in [-0.2, 0) is 4.79 Å². The van der Waals surface area contributed by atoms with Crippen molar-refractivity contribution in [1.29, 1.82) is 0 Å². The van der Waals surface area contributed by atoms with Gasteiger partial charge in [0.15, 0.2) is 10.2 Å². The fourth-order valence-corrected chi connectivity index (χ4v) is 3.71. The van der Waals surface area contributed by atoms with E-state index in [1.54, 1.807) is 6.20 Å². The quantitative estimate of drug-likeness (QED) is 0.382. The summed E-state index contributed by atoms with van der Waals surface area (Å²) >= 11 is 2.83. The van der Waals surface area contributed by atoms with E-state index in [1.165, 1.54) is 30.0 Å². The van der Waals surface area contributed by atoms with E-state index in [4.69, 9.17) is 9.47 Å². The number of fused-ring (bicyclic) bond motifs is 1. The molecule has 0 saturated heterocycles. The first-order valence-electron chi connectivity index (χ1n) is 7.38. The number of ether oxygens (including phenoxy) is 2. The Morgan fingerprint density at radius 3 is 2.83 bits per heavy atom. The van der Waals surface area contributed by atoms with Crippen molar-refractivity contribution < 1.29 is 14.3 Å². The third-order valence-corrected chi connectivity index (χ3v) is 4.81. The van der Waals surface area contributed by atoms with Crippen LogP contribution < -0.4 is 9.47 Å². The molecule has 0 aliphatic rings. The maximum Gasteiger partial charge on any atom is 0.308 e. The van der Waals surface area contributed by atoms with E-state index in [0.717, 1.165) is 27.1 Å². The number of thiophene rings is 1. The molecule has 0 aliphatic carbocycles. The predicted octanol–water partition coefficient (Wildman–Crippen LogP) is 4.40. The van der Waals surface area contributed by atoms with Gasteiger partial charge in [0.1, 0.15) is 5.75 Å². The minimum absolute atomic E-state index is 0.366. The highest BCUT2D eigenvalue weighted by molar-refractivity contribution is 7.98. The minimum Gasteiger partial charge on any atom is -0.493 e. The summed E-state index contributed by atoms with van der Waals surface area (Å²) in [5.74, 6) is 0.368. The molecule has 2 aromatic heterocycles. The van der Waals surface area contributed by atoms with Gasteiger partial charge in [-0.05, 0) is 19.2 Å². The van der Waals surface area contributed by atoms with E-state index in [9.17, 15) is 4.79 Å². The zero-order valence-electron chi connectivity index (χ0n) is 13.5. The molecular weight excluding hydrogens is 344 g/mol. The fourth-order valence-electron chi connectivity index (χ4n) is 2.35. The molecule has 3 rings (SSSR count). The molecule has 0 unspecified atom stereocenters. The number of aromatic nitrogens is 2. The second-order valence-corrected chi connectivity index (χ2v) is 6.65. The van der Waals surface area contributed by atoms with Gasteiger partial charge >= 0.3 is 5.97 Å². The standard InChI is InChI=1S/C17H16N2O3S2/c1-4-21-12-8-6-5-7-11(12)14-15-13(9-18-17(19-15)23-3)24-16(14)22-10(2)20/h5-9H,4H2,1-3H3. The van der Waals surface area contributed by atoms with Gasteiger partial charge in [0.05, 0.1) is 22.4 Å². The van der Waals surface area contributed by atoms with Gasteiger partial charge < -0.3 is 9.47 Å². The third kappa shape index (κ3) is 3.22. The van der Waals surface area contributed by atoms with Gasteiger partial charge in [-0.3, -0.25) is 4.79 Å². The number of benzene rings is 1. The molecular formula is C17H16N2O3S2. The number of thioether (sulfide) groups is 1. The highest BCUT2D eigenvalue weighted by Crippen LogP contribution is 2.46. The number of rotatable bonds is 5. The topological polar surface area (TPSA) is 61.3 Å². The van der Waals surface area contributed by atoms with Crippen molar-refractivity contribution in [3.8, 4) is 21.9 Å². The SMILES string of the molecule is CCOc1ccccc1-c1c(OC(C)=O)sc2cnc(SC)nc12. The average Bonchev–Trinajstić information content (AvgIpc) is 2.91. The Bertz CT molecular complexity index is 893. The van der Waals surface area contributed by atoms with E-state index in [1.807, 2.05) is 37.4 Å². The Labute approximate surface area is 148 Å². The van der Waals surface area contributed by atoms with Crippen molar-refractivity contribution in [1.82, 2.24) is 9.97 Å². The Hall–Kier alpha value is -2.12. The second-order valence-electron chi connectivity index (χ2n) is 4.86. The molecule has 3 aromatic rings. The summed E-state index contributed by atoms with van der Waals surface area (Å²) in [5.41, 5.74) is 2.39. The average molecular weight is 360 g/mol. The van der Waals surface area contributed by atoms with Gasteiger partial charge in [-0.15, -0.1) is 0 Å². The summed E-state index contributed by atoms with van der Waals surface area (Å²) < 4.78 is 12.0. The monoisotopic (exact) mass is 360 g/mol. The lowest BCUT2D eigenvalue weighted by atomic mass is 10.1. The first-order chi connectivity index (χ1) is 11.6. The Kier molecular flexibility index (Phi) is 5.01. The van der Waals surface area contributed by atoms with Gasteiger partial charge in [-0.25, -0.2) is 9.97 Å². The van der Waals surface area contributed by atoms with Crippen molar-refractivity contribution in [3.63, 3.8) is 0 Å². The molecule has 7 heteroatoms. The molecule has 0 aliphatic heterocycles. The van der Waals surface area contributed by atoms with Gasteiger partial charge in [0, 0.05) is 18.7 Å². The van der Waals surface area contributed by atoms with Gasteiger partial charge in [0.2, 0.25) is 0 Å². The van der Waals surface area contributed by atoms with Crippen LogP contribution in [-0.4, -0.2) is 28.8 Å². The van der Waals surface area contributed by atoms with E-state index >= 15 is 0 Å². The minimum atomic E-state index is -0.366. The van der Waals surface area contributed by atoms with Crippen LogP contribution in [0.15, 0.2) is 35.6 Å². The second kappa shape index (κ2) is 7.19. The Morgan fingerprint density at radius 1 is 1.33 bits per heavy atom. The summed E-state index contributed by atoms with van der Waals surface area (Å²) in [4.78, 5) is 20.4. The highest BCUT2D eigenvalue weighted by Gasteiger charge is 2.21.